The van der Waals surface area contributed by atoms with Crippen LogP contribution in [0.1, 0.15) is 20.3 Å². The first-order valence-corrected chi connectivity index (χ1v) is 3.77. The van der Waals surface area contributed by atoms with Gasteiger partial charge < -0.3 is 0 Å². The van der Waals surface area contributed by atoms with Gasteiger partial charge in [0.1, 0.15) is 0 Å². The van der Waals surface area contributed by atoms with Gasteiger partial charge in [0.15, 0.2) is 0 Å². The topological polar surface area (TPSA) is 15.3 Å². The molecule has 0 aromatic heterocycles. The molecule has 0 bridgehead atoms. The molecule has 0 amide bonds. The predicted molar refractivity (Wildman–Crippen MR) is 44.4 cm³/mol. The van der Waals surface area contributed by atoms with Gasteiger partial charge in [0.05, 0.1) is 6.54 Å². The molecular weight excluding hydrogens is 124 g/mol. The van der Waals surface area contributed by atoms with Crippen LogP contribution in [0.25, 0.3) is 0 Å². The molecule has 2 nitrogen and oxygen atoms in total. The van der Waals surface area contributed by atoms with Gasteiger partial charge in [0.25, 0.3) is 0 Å². The highest BCUT2D eigenvalue weighted by atomic mass is 15.5. The third-order valence-electron chi connectivity index (χ3n) is 1.25. The summed E-state index contributed by atoms with van der Waals surface area (Å²) < 4.78 is 0. The van der Waals surface area contributed by atoms with Gasteiger partial charge in [0.2, 0.25) is 0 Å². The second kappa shape index (κ2) is 6.60. The van der Waals surface area contributed by atoms with Crippen LogP contribution in [0.5, 0.6) is 0 Å². The van der Waals surface area contributed by atoms with Crippen molar-refractivity contribution < 1.29 is 0 Å². The molecule has 0 saturated heterocycles. The lowest BCUT2D eigenvalue weighted by molar-refractivity contribution is 0.225. The molecule has 0 aliphatic rings. The maximum Gasteiger partial charge on any atom is 0.0739 e. The lowest BCUT2D eigenvalue weighted by atomic mass is 10.5. The second-order valence-corrected chi connectivity index (χ2v) is 2.13. The zero-order chi connectivity index (χ0) is 7.82. The van der Waals surface area contributed by atoms with Crippen LogP contribution in [0.15, 0.2) is 0 Å². The second-order valence-electron chi connectivity index (χ2n) is 2.13. The maximum atomic E-state index is 5.15. The van der Waals surface area contributed by atoms with Gasteiger partial charge in [-0.2, -0.15) is 0 Å². The molecule has 0 spiro atoms. The van der Waals surface area contributed by atoms with Gasteiger partial charge in [-0.05, 0) is 6.42 Å². The first-order valence-electron chi connectivity index (χ1n) is 3.77. The summed E-state index contributed by atoms with van der Waals surface area (Å²) in [6.07, 6.45) is 6.28. The minimum atomic E-state index is 0.691. The maximum absolute atomic E-state index is 5.15. The van der Waals surface area contributed by atoms with Crippen molar-refractivity contribution in [3.05, 3.63) is 0 Å². The fourth-order valence-corrected chi connectivity index (χ4v) is 0.660. The van der Waals surface area contributed by atoms with Crippen LogP contribution in [0.4, 0.5) is 0 Å². The molecule has 0 atom stereocenters. The summed E-state index contributed by atoms with van der Waals surface area (Å²) in [5, 5.41) is 2.03. The molecule has 0 saturated carbocycles. The summed E-state index contributed by atoms with van der Waals surface area (Å²) in [4.78, 5) is 0. The lowest BCUT2D eigenvalue weighted by Crippen LogP contribution is -2.38. The normalized spacial score (nSPS) is 9.80. The first kappa shape index (κ1) is 9.48. The van der Waals surface area contributed by atoms with Gasteiger partial charge in [-0.3, -0.25) is 5.43 Å². The van der Waals surface area contributed by atoms with E-state index in [-0.39, 0.29) is 0 Å². The molecule has 0 heterocycles. The van der Waals surface area contributed by atoms with E-state index in [1.807, 2.05) is 5.01 Å². The monoisotopic (exact) mass is 140 g/mol. The van der Waals surface area contributed by atoms with Gasteiger partial charge in [0, 0.05) is 13.1 Å². The van der Waals surface area contributed by atoms with E-state index in [0.717, 1.165) is 19.5 Å². The Hall–Kier alpha value is -0.520. The van der Waals surface area contributed by atoms with Crippen molar-refractivity contribution in [3.8, 4) is 12.3 Å². The highest BCUT2D eigenvalue weighted by Gasteiger charge is 1.94. The first-order chi connectivity index (χ1) is 4.85. The summed E-state index contributed by atoms with van der Waals surface area (Å²) in [6.45, 7) is 6.88. The van der Waals surface area contributed by atoms with Crippen LogP contribution < -0.4 is 5.43 Å². The van der Waals surface area contributed by atoms with E-state index >= 15 is 0 Å². The van der Waals surface area contributed by atoms with E-state index < -0.39 is 0 Å². The fourth-order valence-electron chi connectivity index (χ4n) is 0.660. The predicted octanol–water partition coefficient (Wildman–Crippen LogP) is 0.856. The summed E-state index contributed by atoms with van der Waals surface area (Å²) in [5.41, 5.74) is 3.21. The number of nitrogens with one attached hydrogen (secondary N) is 1. The lowest BCUT2D eigenvalue weighted by Gasteiger charge is -2.17. The SMILES string of the molecule is C#CCN(CC)NCCC. The Morgan fingerprint density at radius 1 is 1.50 bits per heavy atom. The molecule has 0 fully saturated rings. The Bertz CT molecular complexity index is 104. The molecule has 0 aromatic carbocycles. The molecule has 2 heteroatoms. The highest BCUT2D eigenvalue weighted by molar-refractivity contribution is 4.86. The summed E-state index contributed by atoms with van der Waals surface area (Å²) in [6, 6.07) is 0. The van der Waals surface area contributed by atoms with Crippen LogP contribution in [0, 0.1) is 12.3 Å². The Balaban J connectivity index is 3.32. The molecule has 10 heavy (non-hydrogen) atoms. The number of hydrogen-bond acceptors (Lipinski definition) is 2. The molecule has 0 aromatic rings. The van der Waals surface area contributed by atoms with Crippen molar-refractivity contribution in [2.45, 2.75) is 20.3 Å². The van der Waals surface area contributed by atoms with Crippen molar-refractivity contribution >= 4 is 0 Å². The van der Waals surface area contributed by atoms with Crippen molar-refractivity contribution in [1.82, 2.24) is 10.4 Å². The third kappa shape index (κ3) is 4.37. The number of nitrogens with zero attached hydrogens (tertiary/aromatic N) is 1. The quantitative estimate of drug-likeness (QED) is 0.450. The molecule has 0 aliphatic carbocycles. The standard InChI is InChI=1S/C8H16N2/c1-4-7-9-10(6-3)8-5-2/h2,9H,4,6-8H2,1,3H3. The van der Waals surface area contributed by atoms with E-state index in [2.05, 4.69) is 25.2 Å². The molecule has 1 N–H and O–H groups in total. The molecule has 0 radical (unpaired) electrons. The van der Waals surface area contributed by atoms with Crippen molar-refractivity contribution in [2.75, 3.05) is 19.6 Å². The largest absolute Gasteiger partial charge is 0.254 e. The summed E-state index contributed by atoms with van der Waals surface area (Å²) in [5.74, 6) is 2.59. The zero-order valence-electron chi connectivity index (χ0n) is 6.85. The van der Waals surface area contributed by atoms with Gasteiger partial charge >= 0.3 is 0 Å². The number of terminal acetylenes is 1. The average Bonchev–Trinajstić information content (AvgIpc) is 1.98. The van der Waals surface area contributed by atoms with Crippen LogP contribution in [-0.4, -0.2) is 24.6 Å². The molecule has 0 unspecified atom stereocenters. The number of hydrazine groups is 1. The summed E-state index contributed by atoms with van der Waals surface area (Å²) >= 11 is 0. The van der Waals surface area contributed by atoms with Crippen molar-refractivity contribution in [1.29, 1.82) is 0 Å². The van der Waals surface area contributed by atoms with Crippen LogP contribution >= 0.6 is 0 Å². The third-order valence-corrected chi connectivity index (χ3v) is 1.25. The van der Waals surface area contributed by atoms with E-state index in [4.69, 9.17) is 6.42 Å². The average molecular weight is 140 g/mol. The van der Waals surface area contributed by atoms with Crippen molar-refractivity contribution in [3.63, 3.8) is 0 Å². The van der Waals surface area contributed by atoms with Crippen LogP contribution in [0.3, 0.4) is 0 Å². The molecular formula is C8H16N2. The Morgan fingerprint density at radius 3 is 2.60 bits per heavy atom. The Labute approximate surface area is 63.6 Å². The summed E-state index contributed by atoms with van der Waals surface area (Å²) in [7, 11) is 0. The molecule has 0 rings (SSSR count). The molecule has 0 aliphatic heterocycles. The minimum Gasteiger partial charge on any atom is -0.254 e. The van der Waals surface area contributed by atoms with E-state index in [0.29, 0.717) is 6.54 Å². The smallest absolute Gasteiger partial charge is 0.0739 e. The Morgan fingerprint density at radius 2 is 2.20 bits per heavy atom. The van der Waals surface area contributed by atoms with Crippen molar-refractivity contribution in [2.24, 2.45) is 0 Å². The van der Waals surface area contributed by atoms with Crippen LogP contribution in [-0.2, 0) is 0 Å². The van der Waals surface area contributed by atoms with Gasteiger partial charge in [-0.15, -0.1) is 6.42 Å². The Kier molecular flexibility index (Phi) is 6.25. The highest BCUT2D eigenvalue weighted by Crippen LogP contribution is 1.79. The van der Waals surface area contributed by atoms with Gasteiger partial charge in [-0.25, -0.2) is 5.01 Å². The van der Waals surface area contributed by atoms with E-state index in [9.17, 15) is 0 Å². The van der Waals surface area contributed by atoms with E-state index in [1.54, 1.807) is 0 Å². The minimum absolute atomic E-state index is 0.691. The zero-order valence-corrected chi connectivity index (χ0v) is 6.85. The fraction of sp³-hybridized carbons (Fsp3) is 0.750. The van der Waals surface area contributed by atoms with E-state index in [1.165, 1.54) is 0 Å². The number of hydrogen-bond donors (Lipinski definition) is 1. The van der Waals surface area contributed by atoms with Gasteiger partial charge in [-0.1, -0.05) is 19.8 Å². The number of rotatable bonds is 5. The van der Waals surface area contributed by atoms with Crippen LogP contribution in [0.2, 0.25) is 0 Å². The molecule has 58 valence electrons.